The summed E-state index contributed by atoms with van der Waals surface area (Å²) >= 11 is 6.07. The summed E-state index contributed by atoms with van der Waals surface area (Å²) in [6.07, 6.45) is 0. The van der Waals surface area contributed by atoms with E-state index in [-0.39, 0.29) is 12.4 Å². The van der Waals surface area contributed by atoms with Gasteiger partial charge in [0, 0.05) is 16.0 Å². The number of halogens is 2. The van der Waals surface area contributed by atoms with E-state index in [0.717, 1.165) is 22.1 Å². The molecule has 1 heterocycles. The van der Waals surface area contributed by atoms with Crippen LogP contribution in [0.2, 0.25) is 5.02 Å². The fraction of sp³-hybridized carbons (Fsp3) is 0.176. The standard InChI is InChI=1S/C17H16ClNO2.ClH/c1-10-4-3-5-11-8-15(21-17(10)11)16(19)13-9-12(18)6-7-14(13)20-2;/h3-9,16H,19H2,1-2H3;1H. The van der Waals surface area contributed by atoms with Crippen molar-refractivity contribution in [2.24, 2.45) is 5.73 Å². The number of aryl methyl sites for hydroxylation is 1. The van der Waals surface area contributed by atoms with Gasteiger partial charge in [0.25, 0.3) is 0 Å². The van der Waals surface area contributed by atoms with Gasteiger partial charge in [0.05, 0.1) is 13.2 Å². The number of rotatable bonds is 3. The highest BCUT2D eigenvalue weighted by atomic mass is 35.5. The van der Waals surface area contributed by atoms with Gasteiger partial charge in [-0.05, 0) is 36.8 Å². The molecule has 0 fully saturated rings. The smallest absolute Gasteiger partial charge is 0.137 e. The lowest BCUT2D eigenvalue weighted by Gasteiger charge is -2.14. The molecule has 5 heteroatoms. The Labute approximate surface area is 140 Å². The molecule has 3 nitrogen and oxygen atoms in total. The number of benzene rings is 2. The van der Waals surface area contributed by atoms with Crippen molar-refractivity contribution in [2.45, 2.75) is 13.0 Å². The van der Waals surface area contributed by atoms with Gasteiger partial charge in [-0.2, -0.15) is 0 Å². The van der Waals surface area contributed by atoms with E-state index < -0.39 is 6.04 Å². The van der Waals surface area contributed by atoms with Gasteiger partial charge in [0.2, 0.25) is 0 Å². The fourth-order valence-electron chi connectivity index (χ4n) is 2.48. The van der Waals surface area contributed by atoms with Crippen LogP contribution in [0.3, 0.4) is 0 Å². The molecule has 1 aromatic heterocycles. The monoisotopic (exact) mass is 337 g/mol. The zero-order valence-electron chi connectivity index (χ0n) is 12.3. The van der Waals surface area contributed by atoms with Gasteiger partial charge in [-0.3, -0.25) is 0 Å². The zero-order chi connectivity index (χ0) is 15.0. The minimum Gasteiger partial charge on any atom is -0.496 e. The minimum absolute atomic E-state index is 0. The van der Waals surface area contributed by atoms with Crippen molar-refractivity contribution < 1.29 is 9.15 Å². The number of furan rings is 1. The van der Waals surface area contributed by atoms with Crippen LogP contribution in [0, 0.1) is 6.92 Å². The molecule has 22 heavy (non-hydrogen) atoms. The van der Waals surface area contributed by atoms with Crippen molar-refractivity contribution in [1.82, 2.24) is 0 Å². The average molecular weight is 338 g/mol. The van der Waals surface area contributed by atoms with E-state index in [1.54, 1.807) is 13.2 Å². The van der Waals surface area contributed by atoms with Crippen LogP contribution in [0.4, 0.5) is 0 Å². The molecule has 2 N–H and O–H groups in total. The highest BCUT2D eigenvalue weighted by Crippen LogP contribution is 2.34. The van der Waals surface area contributed by atoms with Crippen LogP contribution in [-0.4, -0.2) is 7.11 Å². The summed E-state index contributed by atoms with van der Waals surface area (Å²) in [4.78, 5) is 0. The molecule has 2 aromatic carbocycles. The number of ether oxygens (including phenoxy) is 1. The van der Waals surface area contributed by atoms with Crippen molar-refractivity contribution in [1.29, 1.82) is 0 Å². The van der Waals surface area contributed by atoms with Gasteiger partial charge in [-0.15, -0.1) is 12.4 Å². The lowest BCUT2D eigenvalue weighted by atomic mass is 10.0. The molecule has 0 saturated carbocycles. The molecule has 0 aliphatic rings. The molecule has 0 radical (unpaired) electrons. The molecular formula is C17H17Cl2NO2. The van der Waals surface area contributed by atoms with E-state index >= 15 is 0 Å². The molecule has 0 aliphatic carbocycles. The van der Waals surface area contributed by atoms with Crippen LogP contribution < -0.4 is 10.5 Å². The van der Waals surface area contributed by atoms with Gasteiger partial charge >= 0.3 is 0 Å². The van der Waals surface area contributed by atoms with E-state index in [4.69, 9.17) is 26.5 Å². The molecule has 3 rings (SSSR count). The maximum Gasteiger partial charge on any atom is 0.137 e. The molecule has 116 valence electrons. The summed E-state index contributed by atoms with van der Waals surface area (Å²) in [6, 6.07) is 13.0. The first kappa shape index (κ1) is 16.7. The number of para-hydroxylation sites is 1. The lowest BCUT2D eigenvalue weighted by Crippen LogP contribution is -2.12. The third-order valence-corrected chi connectivity index (χ3v) is 3.83. The molecule has 0 aliphatic heterocycles. The van der Waals surface area contributed by atoms with Crippen LogP contribution in [0.1, 0.15) is 22.9 Å². The van der Waals surface area contributed by atoms with Crippen molar-refractivity contribution in [3.8, 4) is 5.75 Å². The SMILES string of the molecule is COc1ccc(Cl)cc1C(N)c1cc2cccc(C)c2o1.Cl. The van der Waals surface area contributed by atoms with Gasteiger partial charge in [-0.25, -0.2) is 0 Å². The number of methoxy groups -OCH3 is 1. The highest BCUT2D eigenvalue weighted by molar-refractivity contribution is 6.30. The number of hydrogen-bond donors (Lipinski definition) is 1. The summed E-state index contributed by atoms with van der Waals surface area (Å²) in [7, 11) is 1.61. The van der Waals surface area contributed by atoms with Crippen LogP contribution in [-0.2, 0) is 0 Å². The molecule has 1 atom stereocenters. The van der Waals surface area contributed by atoms with Crippen molar-refractivity contribution in [3.63, 3.8) is 0 Å². The summed E-state index contributed by atoms with van der Waals surface area (Å²) in [6.45, 7) is 2.01. The Morgan fingerprint density at radius 3 is 2.64 bits per heavy atom. The van der Waals surface area contributed by atoms with Crippen molar-refractivity contribution in [3.05, 3.63) is 64.4 Å². The molecule has 0 amide bonds. The van der Waals surface area contributed by atoms with Crippen molar-refractivity contribution in [2.75, 3.05) is 7.11 Å². The third-order valence-electron chi connectivity index (χ3n) is 3.59. The van der Waals surface area contributed by atoms with E-state index in [1.165, 1.54) is 0 Å². The predicted molar refractivity (Wildman–Crippen MR) is 92.2 cm³/mol. The van der Waals surface area contributed by atoms with Crippen LogP contribution in [0.15, 0.2) is 46.9 Å². The Morgan fingerprint density at radius 1 is 1.18 bits per heavy atom. The normalized spacial score (nSPS) is 12.0. The van der Waals surface area contributed by atoms with E-state index in [0.29, 0.717) is 16.5 Å². The van der Waals surface area contributed by atoms with Gasteiger partial charge in [-0.1, -0.05) is 29.8 Å². The summed E-state index contributed by atoms with van der Waals surface area (Å²) in [5.41, 5.74) is 9.10. The van der Waals surface area contributed by atoms with Crippen LogP contribution in [0.5, 0.6) is 5.75 Å². The Balaban J connectivity index is 0.00000176. The molecule has 3 aromatic rings. The average Bonchev–Trinajstić information content (AvgIpc) is 2.92. The quantitative estimate of drug-likeness (QED) is 0.741. The Hall–Kier alpha value is -1.68. The summed E-state index contributed by atoms with van der Waals surface area (Å²) in [5.74, 6) is 1.39. The number of fused-ring (bicyclic) bond motifs is 1. The van der Waals surface area contributed by atoms with Crippen LogP contribution in [0.25, 0.3) is 11.0 Å². The van der Waals surface area contributed by atoms with E-state index in [9.17, 15) is 0 Å². The second-order valence-corrected chi connectivity index (χ2v) is 5.44. The van der Waals surface area contributed by atoms with E-state index in [2.05, 4.69) is 0 Å². The molecule has 0 spiro atoms. The fourth-order valence-corrected chi connectivity index (χ4v) is 2.66. The highest BCUT2D eigenvalue weighted by Gasteiger charge is 2.19. The van der Waals surface area contributed by atoms with Crippen molar-refractivity contribution >= 4 is 35.0 Å². The first-order valence-electron chi connectivity index (χ1n) is 6.68. The Bertz CT molecular complexity index is 798. The number of hydrogen-bond acceptors (Lipinski definition) is 3. The molecule has 1 unspecified atom stereocenters. The van der Waals surface area contributed by atoms with Gasteiger partial charge < -0.3 is 14.9 Å². The van der Waals surface area contributed by atoms with Gasteiger partial charge in [0.1, 0.15) is 17.1 Å². The Kier molecular flexibility index (Phi) is 5.01. The predicted octanol–water partition coefficient (Wildman–Crippen LogP) is 4.87. The molecule has 0 bridgehead atoms. The summed E-state index contributed by atoms with van der Waals surface area (Å²) in [5, 5.41) is 1.66. The first-order valence-corrected chi connectivity index (χ1v) is 7.06. The molecule has 0 saturated heterocycles. The maximum absolute atomic E-state index is 6.34. The first-order chi connectivity index (χ1) is 10.1. The topological polar surface area (TPSA) is 48.4 Å². The largest absolute Gasteiger partial charge is 0.496 e. The maximum atomic E-state index is 6.34. The molecular weight excluding hydrogens is 321 g/mol. The number of nitrogens with two attached hydrogens (primary N) is 1. The second-order valence-electron chi connectivity index (χ2n) is 5.01. The second kappa shape index (κ2) is 6.61. The zero-order valence-corrected chi connectivity index (χ0v) is 13.9. The minimum atomic E-state index is -0.426. The Morgan fingerprint density at radius 2 is 1.95 bits per heavy atom. The summed E-state index contributed by atoms with van der Waals surface area (Å²) < 4.78 is 11.3. The van der Waals surface area contributed by atoms with Crippen LogP contribution >= 0.6 is 24.0 Å². The van der Waals surface area contributed by atoms with Gasteiger partial charge in [0.15, 0.2) is 0 Å². The third kappa shape index (κ3) is 2.93. The van der Waals surface area contributed by atoms with E-state index in [1.807, 2.05) is 43.3 Å². The lowest BCUT2D eigenvalue weighted by molar-refractivity contribution is 0.404.